The molecule has 1 aliphatic heterocycles. The highest BCUT2D eigenvalue weighted by atomic mass is 32.1. The molecule has 0 unspecified atom stereocenters. The average molecular weight is 404 g/mol. The van der Waals surface area contributed by atoms with Crippen LogP contribution in [0, 0.1) is 0 Å². The predicted octanol–water partition coefficient (Wildman–Crippen LogP) is 2.50. The van der Waals surface area contributed by atoms with E-state index in [-0.39, 0.29) is 23.7 Å². The SMILES string of the molecule is CC(C)c1nnc(NC(=O)CN2C(=O)C(C)(C)Oc3ccc(C(=O)O)cc32)s1. The van der Waals surface area contributed by atoms with Crippen LogP contribution in [-0.4, -0.2) is 45.2 Å². The van der Waals surface area contributed by atoms with Gasteiger partial charge in [-0.25, -0.2) is 4.79 Å². The molecule has 0 saturated carbocycles. The lowest BCUT2D eigenvalue weighted by atomic mass is 10.0. The van der Waals surface area contributed by atoms with Gasteiger partial charge in [0.2, 0.25) is 11.0 Å². The second-order valence-corrected chi connectivity index (χ2v) is 8.15. The first-order valence-electron chi connectivity index (χ1n) is 8.60. The molecule has 2 N–H and O–H groups in total. The van der Waals surface area contributed by atoms with Crippen LogP contribution in [0.4, 0.5) is 10.8 Å². The Hall–Kier alpha value is -3.01. The number of nitrogens with zero attached hydrogens (tertiary/aromatic N) is 3. The van der Waals surface area contributed by atoms with Crippen molar-refractivity contribution in [1.29, 1.82) is 0 Å². The lowest BCUT2D eigenvalue weighted by molar-refractivity contribution is -0.133. The quantitative estimate of drug-likeness (QED) is 0.785. The number of ether oxygens (including phenoxy) is 1. The van der Waals surface area contributed by atoms with Gasteiger partial charge in [-0.2, -0.15) is 0 Å². The number of benzene rings is 1. The van der Waals surface area contributed by atoms with E-state index in [1.54, 1.807) is 13.8 Å². The maximum Gasteiger partial charge on any atom is 0.335 e. The number of carboxylic acids is 1. The lowest BCUT2D eigenvalue weighted by Gasteiger charge is -2.38. The Morgan fingerprint density at radius 2 is 2.04 bits per heavy atom. The standard InChI is InChI=1S/C18H20N4O5S/c1-9(2)14-20-21-17(28-14)19-13(23)8-22-11-7-10(15(24)25)5-6-12(11)27-18(3,4)16(22)26/h5-7,9H,8H2,1-4H3,(H,24,25)(H,19,21,23). The summed E-state index contributed by atoms with van der Waals surface area (Å²) in [5.74, 6) is -1.53. The second kappa shape index (κ2) is 7.19. The van der Waals surface area contributed by atoms with Gasteiger partial charge >= 0.3 is 5.97 Å². The minimum atomic E-state index is -1.19. The molecular weight excluding hydrogens is 384 g/mol. The number of carbonyl (C=O) groups excluding carboxylic acids is 2. The molecule has 1 aromatic carbocycles. The van der Waals surface area contributed by atoms with Gasteiger partial charge in [0.05, 0.1) is 11.3 Å². The van der Waals surface area contributed by atoms with Crippen LogP contribution < -0.4 is 15.0 Å². The van der Waals surface area contributed by atoms with Crippen molar-refractivity contribution >= 4 is 39.9 Å². The van der Waals surface area contributed by atoms with E-state index in [9.17, 15) is 19.5 Å². The van der Waals surface area contributed by atoms with Crippen LogP contribution in [0.2, 0.25) is 0 Å². The molecule has 0 bridgehead atoms. The topological polar surface area (TPSA) is 122 Å². The summed E-state index contributed by atoms with van der Waals surface area (Å²) in [6, 6.07) is 4.19. The van der Waals surface area contributed by atoms with Gasteiger partial charge in [-0.3, -0.25) is 19.8 Å². The minimum absolute atomic E-state index is 0.00837. The van der Waals surface area contributed by atoms with Crippen molar-refractivity contribution in [1.82, 2.24) is 10.2 Å². The van der Waals surface area contributed by atoms with E-state index >= 15 is 0 Å². The molecule has 3 rings (SSSR count). The number of carbonyl (C=O) groups is 3. The molecule has 1 aromatic heterocycles. The van der Waals surface area contributed by atoms with Crippen LogP contribution in [0.25, 0.3) is 0 Å². The zero-order valence-electron chi connectivity index (χ0n) is 15.8. The maximum atomic E-state index is 12.8. The van der Waals surface area contributed by atoms with E-state index < -0.39 is 23.4 Å². The van der Waals surface area contributed by atoms with Crippen molar-refractivity contribution in [3.8, 4) is 5.75 Å². The fraction of sp³-hybridized carbons (Fsp3) is 0.389. The first-order valence-corrected chi connectivity index (χ1v) is 9.41. The highest BCUT2D eigenvalue weighted by molar-refractivity contribution is 7.15. The molecule has 9 nitrogen and oxygen atoms in total. The molecule has 0 saturated heterocycles. The first kappa shape index (κ1) is 19.7. The Balaban J connectivity index is 1.86. The number of hydrogen-bond donors (Lipinski definition) is 2. The third kappa shape index (κ3) is 3.81. The highest BCUT2D eigenvalue weighted by Crippen LogP contribution is 2.38. The van der Waals surface area contributed by atoms with Crippen LogP contribution in [-0.2, 0) is 9.59 Å². The fourth-order valence-electron chi connectivity index (χ4n) is 2.68. The Morgan fingerprint density at radius 1 is 1.32 bits per heavy atom. The monoisotopic (exact) mass is 404 g/mol. The third-order valence-corrected chi connectivity index (χ3v) is 5.24. The minimum Gasteiger partial charge on any atom is -0.478 e. The van der Waals surface area contributed by atoms with Gasteiger partial charge in [0.1, 0.15) is 17.3 Å². The summed E-state index contributed by atoms with van der Waals surface area (Å²) in [5, 5.41) is 20.9. The molecule has 28 heavy (non-hydrogen) atoms. The molecular formula is C18H20N4O5S. The van der Waals surface area contributed by atoms with E-state index in [1.807, 2.05) is 13.8 Å². The van der Waals surface area contributed by atoms with Gasteiger partial charge in [0.25, 0.3) is 5.91 Å². The maximum absolute atomic E-state index is 12.8. The van der Waals surface area contributed by atoms with Crippen molar-refractivity contribution in [2.45, 2.75) is 39.2 Å². The normalized spacial score (nSPS) is 15.2. The molecule has 0 atom stereocenters. The summed E-state index contributed by atoms with van der Waals surface area (Å²) >= 11 is 1.26. The van der Waals surface area contributed by atoms with Crippen LogP contribution in [0.3, 0.4) is 0 Å². The number of hydrogen-bond acceptors (Lipinski definition) is 7. The number of fused-ring (bicyclic) bond motifs is 1. The van der Waals surface area contributed by atoms with Gasteiger partial charge in [0.15, 0.2) is 5.60 Å². The zero-order valence-corrected chi connectivity index (χ0v) is 16.7. The van der Waals surface area contributed by atoms with E-state index in [4.69, 9.17) is 4.74 Å². The van der Waals surface area contributed by atoms with Gasteiger partial charge < -0.3 is 9.84 Å². The third-order valence-electron chi connectivity index (χ3n) is 4.10. The van der Waals surface area contributed by atoms with Gasteiger partial charge in [-0.1, -0.05) is 25.2 Å². The summed E-state index contributed by atoms with van der Waals surface area (Å²) < 4.78 is 5.69. The van der Waals surface area contributed by atoms with Crippen LogP contribution in [0.1, 0.15) is 49.0 Å². The number of nitrogens with one attached hydrogen (secondary N) is 1. The second-order valence-electron chi connectivity index (χ2n) is 7.14. The smallest absolute Gasteiger partial charge is 0.335 e. The zero-order chi connectivity index (χ0) is 20.6. The number of aromatic nitrogens is 2. The molecule has 1 aliphatic rings. The van der Waals surface area contributed by atoms with Crippen LogP contribution in [0.15, 0.2) is 18.2 Å². The molecule has 10 heteroatoms. The van der Waals surface area contributed by atoms with Crippen molar-refractivity contribution in [3.05, 3.63) is 28.8 Å². The number of rotatable bonds is 5. The van der Waals surface area contributed by atoms with Gasteiger partial charge in [0, 0.05) is 5.92 Å². The predicted molar refractivity (Wildman–Crippen MR) is 103 cm³/mol. The summed E-state index contributed by atoms with van der Waals surface area (Å²) in [5.41, 5.74) is -0.962. The summed E-state index contributed by atoms with van der Waals surface area (Å²) in [6.07, 6.45) is 0. The lowest BCUT2D eigenvalue weighted by Crippen LogP contribution is -2.54. The Morgan fingerprint density at radius 3 is 2.64 bits per heavy atom. The average Bonchev–Trinajstić information content (AvgIpc) is 3.07. The van der Waals surface area contributed by atoms with Crippen LogP contribution in [0.5, 0.6) is 5.75 Å². The van der Waals surface area contributed by atoms with Crippen molar-refractivity contribution in [2.24, 2.45) is 0 Å². The molecule has 0 spiro atoms. The molecule has 0 radical (unpaired) electrons. The van der Waals surface area contributed by atoms with Crippen LogP contribution >= 0.6 is 11.3 Å². The van der Waals surface area contributed by atoms with E-state index in [1.165, 1.54) is 34.4 Å². The van der Waals surface area contributed by atoms with E-state index in [0.717, 1.165) is 5.01 Å². The Kier molecular flexibility index (Phi) is 5.07. The summed E-state index contributed by atoms with van der Waals surface area (Å²) in [7, 11) is 0. The molecule has 2 aromatic rings. The summed E-state index contributed by atoms with van der Waals surface area (Å²) in [4.78, 5) is 37.9. The fourth-order valence-corrected chi connectivity index (χ4v) is 3.44. The molecule has 148 valence electrons. The Bertz CT molecular complexity index is 953. The van der Waals surface area contributed by atoms with Crippen molar-refractivity contribution in [2.75, 3.05) is 16.8 Å². The van der Waals surface area contributed by atoms with E-state index in [2.05, 4.69) is 15.5 Å². The molecule has 2 amide bonds. The van der Waals surface area contributed by atoms with Gasteiger partial charge in [-0.05, 0) is 32.0 Å². The Labute approximate surface area is 165 Å². The molecule has 0 fully saturated rings. The highest BCUT2D eigenvalue weighted by Gasteiger charge is 2.42. The first-order chi connectivity index (χ1) is 13.1. The molecule has 0 aliphatic carbocycles. The molecule has 2 heterocycles. The number of aromatic carboxylic acids is 1. The largest absolute Gasteiger partial charge is 0.478 e. The van der Waals surface area contributed by atoms with Gasteiger partial charge in [-0.15, -0.1) is 10.2 Å². The van der Waals surface area contributed by atoms with E-state index in [0.29, 0.717) is 10.9 Å². The number of carboxylic acid groups (broad SMARTS) is 1. The van der Waals surface area contributed by atoms with Crippen molar-refractivity contribution in [3.63, 3.8) is 0 Å². The summed E-state index contributed by atoms with van der Waals surface area (Å²) in [6.45, 7) is 6.81. The number of anilines is 2. The van der Waals surface area contributed by atoms with Crippen molar-refractivity contribution < 1.29 is 24.2 Å². The number of amides is 2.